The zero-order valence-electron chi connectivity index (χ0n) is 13.0. The zero-order chi connectivity index (χ0) is 15.5. The van der Waals surface area contributed by atoms with Gasteiger partial charge in [0.1, 0.15) is 5.82 Å². The van der Waals surface area contributed by atoms with Gasteiger partial charge in [-0.25, -0.2) is 4.39 Å². The third kappa shape index (κ3) is 3.51. The summed E-state index contributed by atoms with van der Waals surface area (Å²) in [4.78, 5) is 8.99. The molecule has 1 unspecified atom stereocenters. The Balaban J connectivity index is 1.54. The highest BCUT2D eigenvalue weighted by molar-refractivity contribution is 5.16. The SMILES string of the molecule is Cc1noc(C(C)N2CCN(Cc3cccc(F)c3)CC2)n1. The molecule has 2 heterocycles. The predicted octanol–water partition coefficient (Wildman–Crippen LogP) is 2.40. The van der Waals surface area contributed by atoms with Gasteiger partial charge in [0, 0.05) is 32.7 Å². The van der Waals surface area contributed by atoms with Crippen LogP contribution in [0.3, 0.4) is 0 Å². The van der Waals surface area contributed by atoms with Gasteiger partial charge < -0.3 is 4.52 Å². The Morgan fingerprint density at radius 1 is 1.27 bits per heavy atom. The van der Waals surface area contributed by atoms with E-state index in [0.717, 1.165) is 38.3 Å². The van der Waals surface area contributed by atoms with E-state index in [2.05, 4.69) is 26.9 Å². The van der Waals surface area contributed by atoms with E-state index in [1.807, 2.05) is 13.0 Å². The fourth-order valence-electron chi connectivity index (χ4n) is 2.84. The van der Waals surface area contributed by atoms with E-state index >= 15 is 0 Å². The fourth-order valence-corrected chi connectivity index (χ4v) is 2.84. The Morgan fingerprint density at radius 2 is 2.05 bits per heavy atom. The predicted molar refractivity (Wildman–Crippen MR) is 80.7 cm³/mol. The van der Waals surface area contributed by atoms with E-state index in [1.165, 1.54) is 6.07 Å². The molecule has 0 spiro atoms. The van der Waals surface area contributed by atoms with Gasteiger partial charge in [-0.05, 0) is 31.5 Å². The Labute approximate surface area is 129 Å². The van der Waals surface area contributed by atoms with Crippen LogP contribution in [0, 0.1) is 12.7 Å². The summed E-state index contributed by atoms with van der Waals surface area (Å²) in [5.74, 6) is 1.18. The molecule has 1 aromatic carbocycles. The molecule has 6 heteroatoms. The van der Waals surface area contributed by atoms with E-state index in [-0.39, 0.29) is 11.9 Å². The van der Waals surface area contributed by atoms with Gasteiger partial charge >= 0.3 is 0 Å². The van der Waals surface area contributed by atoms with E-state index in [0.29, 0.717) is 11.7 Å². The number of piperazine rings is 1. The van der Waals surface area contributed by atoms with Gasteiger partial charge in [0.2, 0.25) is 5.89 Å². The van der Waals surface area contributed by atoms with Crippen LogP contribution < -0.4 is 0 Å². The van der Waals surface area contributed by atoms with Gasteiger partial charge in [-0.15, -0.1) is 0 Å². The molecule has 1 aliphatic rings. The van der Waals surface area contributed by atoms with Crippen LogP contribution >= 0.6 is 0 Å². The average Bonchev–Trinajstić information content (AvgIpc) is 2.94. The molecule has 1 fully saturated rings. The molecule has 0 radical (unpaired) electrons. The second-order valence-corrected chi connectivity index (χ2v) is 5.80. The number of aryl methyl sites for hydroxylation is 1. The van der Waals surface area contributed by atoms with E-state index in [1.54, 1.807) is 12.1 Å². The van der Waals surface area contributed by atoms with Crippen LogP contribution in [0.1, 0.15) is 30.2 Å². The number of aromatic nitrogens is 2. The first-order valence-corrected chi connectivity index (χ1v) is 7.63. The van der Waals surface area contributed by atoms with Crippen molar-refractivity contribution in [2.24, 2.45) is 0 Å². The van der Waals surface area contributed by atoms with Crippen molar-refractivity contribution in [1.82, 2.24) is 19.9 Å². The molecule has 0 aliphatic carbocycles. The number of nitrogens with zero attached hydrogens (tertiary/aromatic N) is 4. The molecule has 1 atom stereocenters. The van der Waals surface area contributed by atoms with Crippen LogP contribution in [0.5, 0.6) is 0 Å². The number of halogens is 1. The van der Waals surface area contributed by atoms with E-state index in [9.17, 15) is 4.39 Å². The van der Waals surface area contributed by atoms with Gasteiger partial charge in [0.05, 0.1) is 6.04 Å². The molecule has 0 bridgehead atoms. The molecule has 1 aromatic heterocycles. The minimum atomic E-state index is -0.170. The second kappa shape index (κ2) is 6.54. The maximum atomic E-state index is 13.2. The third-order valence-corrected chi connectivity index (χ3v) is 4.15. The lowest BCUT2D eigenvalue weighted by atomic mass is 10.1. The van der Waals surface area contributed by atoms with Gasteiger partial charge in [-0.1, -0.05) is 17.3 Å². The largest absolute Gasteiger partial charge is 0.338 e. The molecule has 1 aliphatic heterocycles. The van der Waals surface area contributed by atoms with Crippen molar-refractivity contribution in [3.8, 4) is 0 Å². The molecule has 5 nitrogen and oxygen atoms in total. The standard InChI is InChI=1S/C16H21FN4O/c1-12(16-18-13(2)19-22-16)21-8-6-20(7-9-21)11-14-4-3-5-15(17)10-14/h3-5,10,12H,6-9,11H2,1-2H3. The maximum Gasteiger partial charge on any atom is 0.243 e. The van der Waals surface area contributed by atoms with Crippen molar-refractivity contribution in [1.29, 1.82) is 0 Å². The average molecular weight is 304 g/mol. The zero-order valence-corrected chi connectivity index (χ0v) is 13.0. The van der Waals surface area contributed by atoms with Gasteiger partial charge in [0.25, 0.3) is 0 Å². The molecule has 0 saturated carbocycles. The smallest absolute Gasteiger partial charge is 0.243 e. The van der Waals surface area contributed by atoms with Crippen molar-refractivity contribution in [2.45, 2.75) is 26.4 Å². The lowest BCUT2D eigenvalue weighted by Crippen LogP contribution is -2.46. The number of hydrogen-bond donors (Lipinski definition) is 0. The van der Waals surface area contributed by atoms with Crippen LogP contribution in [0.2, 0.25) is 0 Å². The van der Waals surface area contributed by atoms with Crippen molar-refractivity contribution in [3.05, 3.63) is 47.4 Å². The number of benzene rings is 1. The number of rotatable bonds is 4. The monoisotopic (exact) mass is 304 g/mol. The minimum Gasteiger partial charge on any atom is -0.338 e. The lowest BCUT2D eigenvalue weighted by Gasteiger charge is -2.36. The first-order chi connectivity index (χ1) is 10.6. The van der Waals surface area contributed by atoms with Gasteiger partial charge in [0.15, 0.2) is 5.82 Å². The summed E-state index contributed by atoms with van der Waals surface area (Å²) in [6, 6.07) is 6.96. The highest BCUT2D eigenvalue weighted by Gasteiger charge is 2.25. The molecular formula is C16H21FN4O. The van der Waals surface area contributed by atoms with Crippen molar-refractivity contribution in [2.75, 3.05) is 26.2 Å². The summed E-state index contributed by atoms with van der Waals surface area (Å²) in [5, 5.41) is 3.85. The maximum absolute atomic E-state index is 13.2. The van der Waals surface area contributed by atoms with Gasteiger partial charge in [-0.3, -0.25) is 9.80 Å². The second-order valence-electron chi connectivity index (χ2n) is 5.80. The summed E-state index contributed by atoms with van der Waals surface area (Å²) < 4.78 is 18.5. The highest BCUT2D eigenvalue weighted by Crippen LogP contribution is 2.20. The first kappa shape index (κ1) is 15.1. The van der Waals surface area contributed by atoms with Crippen LogP contribution in [-0.2, 0) is 6.54 Å². The molecule has 2 aromatic rings. The Morgan fingerprint density at radius 3 is 2.68 bits per heavy atom. The number of hydrogen-bond acceptors (Lipinski definition) is 5. The molecule has 0 N–H and O–H groups in total. The lowest BCUT2D eigenvalue weighted by molar-refractivity contribution is 0.0845. The van der Waals surface area contributed by atoms with Crippen molar-refractivity contribution in [3.63, 3.8) is 0 Å². The quantitative estimate of drug-likeness (QED) is 0.868. The molecule has 3 rings (SSSR count). The topological polar surface area (TPSA) is 45.4 Å². The van der Waals surface area contributed by atoms with E-state index in [4.69, 9.17) is 4.52 Å². The van der Waals surface area contributed by atoms with Crippen LogP contribution in [0.15, 0.2) is 28.8 Å². The summed E-state index contributed by atoms with van der Waals surface area (Å²) >= 11 is 0. The molecule has 0 amide bonds. The Bertz CT molecular complexity index is 622. The minimum absolute atomic E-state index is 0.137. The Kier molecular flexibility index (Phi) is 4.49. The molecular weight excluding hydrogens is 283 g/mol. The molecule has 1 saturated heterocycles. The Hall–Kier alpha value is -1.79. The highest BCUT2D eigenvalue weighted by atomic mass is 19.1. The van der Waals surface area contributed by atoms with Crippen LogP contribution in [0.4, 0.5) is 4.39 Å². The summed E-state index contributed by atoms with van der Waals surface area (Å²) in [5.41, 5.74) is 1.02. The molecule has 118 valence electrons. The first-order valence-electron chi connectivity index (χ1n) is 7.63. The van der Waals surface area contributed by atoms with E-state index < -0.39 is 0 Å². The van der Waals surface area contributed by atoms with Crippen LogP contribution in [0.25, 0.3) is 0 Å². The third-order valence-electron chi connectivity index (χ3n) is 4.15. The normalized spacial score (nSPS) is 18.5. The van der Waals surface area contributed by atoms with Crippen molar-refractivity contribution >= 4 is 0 Å². The fraction of sp³-hybridized carbons (Fsp3) is 0.500. The summed E-state index contributed by atoms with van der Waals surface area (Å²) in [6.45, 7) is 8.50. The summed E-state index contributed by atoms with van der Waals surface area (Å²) in [7, 11) is 0. The van der Waals surface area contributed by atoms with Gasteiger partial charge in [-0.2, -0.15) is 4.98 Å². The van der Waals surface area contributed by atoms with Crippen molar-refractivity contribution < 1.29 is 8.91 Å². The summed E-state index contributed by atoms with van der Waals surface area (Å²) in [6.07, 6.45) is 0. The van der Waals surface area contributed by atoms with Crippen LogP contribution in [-0.4, -0.2) is 46.1 Å². The molecule has 22 heavy (non-hydrogen) atoms.